The number of rotatable bonds is 6. The van der Waals surface area contributed by atoms with Crippen molar-refractivity contribution in [1.82, 2.24) is 15.3 Å². The van der Waals surface area contributed by atoms with Crippen molar-refractivity contribution >= 4 is 23.5 Å². The zero-order valence-corrected chi connectivity index (χ0v) is 13.9. The van der Waals surface area contributed by atoms with E-state index in [0.29, 0.717) is 5.69 Å². The van der Waals surface area contributed by atoms with Crippen molar-refractivity contribution in [2.45, 2.75) is 25.8 Å². The highest BCUT2D eigenvalue weighted by molar-refractivity contribution is 5.93. The van der Waals surface area contributed by atoms with E-state index < -0.39 is 11.9 Å². The van der Waals surface area contributed by atoms with Crippen molar-refractivity contribution in [2.75, 3.05) is 5.32 Å². The highest BCUT2D eigenvalue weighted by Gasteiger charge is 2.25. The van der Waals surface area contributed by atoms with Gasteiger partial charge in [-0.25, -0.2) is 14.8 Å². The molecule has 1 aliphatic carbocycles. The maximum atomic E-state index is 12.1. The molecule has 0 atom stereocenters. The lowest BCUT2D eigenvalue weighted by molar-refractivity contribution is -0.122. The summed E-state index contributed by atoms with van der Waals surface area (Å²) >= 11 is 0. The number of hydrogen-bond acceptors (Lipinski definition) is 5. The number of benzene rings is 1. The van der Waals surface area contributed by atoms with E-state index in [1.807, 2.05) is 6.07 Å². The highest BCUT2D eigenvalue weighted by atomic mass is 16.4. The summed E-state index contributed by atoms with van der Waals surface area (Å²) in [4.78, 5) is 42.2. The summed E-state index contributed by atoms with van der Waals surface area (Å²) in [6.07, 6.45) is 5.12. The first-order valence-electron chi connectivity index (χ1n) is 8.26. The van der Waals surface area contributed by atoms with Crippen molar-refractivity contribution in [1.29, 1.82) is 0 Å². The van der Waals surface area contributed by atoms with Gasteiger partial charge < -0.3 is 15.7 Å². The molecule has 8 heteroatoms. The Morgan fingerprint density at radius 2 is 1.85 bits per heavy atom. The molecule has 2 aromatic rings. The summed E-state index contributed by atoms with van der Waals surface area (Å²) in [5.41, 5.74) is 1.32. The monoisotopic (exact) mass is 354 g/mol. The standard InChI is InChI=1S/C18H18N4O4/c23-16(12-4-2-5-12)22-13-6-1-3-11(7-13)8-21-17(24)14-9-20-15(10-19-14)18(25)26/h1,3,6-7,9-10,12H,2,4-5,8H2,(H,21,24)(H,22,23)(H,25,26). The molecule has 1 aliphatic rings. The lowest BCUT2D eigenvalue weighted by Gasteiger charge is -2.24. The fourth-order valence-electron chi connectivity index (χ4n) is 2.50. The molecule has 26 heavy (non-hydrogen) atoms. The van der Waals surface area contributed by atoms with Gasteiger partial charge in [-0.15, -0.1) is 0 Å². The average Bonchev–Trinajstić information content (AvgIpc) is 2.58. The van der Waals surface area contributed by atoms with Gasteiger partial charge >= 0.3 is 5.97 Å². The predicted molar refractivity (Wildman–Crippen MR) is 92.6 cm³/mol. The van der Waals surface area contributed by atoms with Crippen molar-refractivity contribution in [3.63, 3.8) is 0 Å². The van der Waals surface area contributed by atoms with Gasteiger partial charge in [0, 0.05) is 18.2 Å². The van der Waals surface area contributed by atoms with Crippen molar-refractivity contribution in [3.05, 3.63) is 53.6 Å². The second kappa shape index (κ2) is 7.73. The fraction of sp³-hybridized carbons (Fsp3) is 0.278. The Balaban J connectivity index is 1.56. The second-order valence-electron chi connectivity index (χ2n) is 6.09. The Hall–Kier alpha value is -3.29. The summed E-state index contributed by atoms with van der Waals surface area (Å²) < 4.78 is 0. The van der Waals surface area contributed by atoms with Crippen LogP contribution < -0.4 is 10.6 Å². The van der Waals surface area contributed by atoms with Gasteiger partial charge in [0.15, 0.2) is 5.69 Å². The number of aromatic nitrogens is 2. The van der Waals surface area contributed by atoms with E-state index >= 15 is 0 Å². The molecule has 1 saturated carbocycles. The molecule has 1 aromatic heterocycles. The smallest absolute Gasteiger partial charge is 0.356 e. The minimum atomic E-state index is -1.20. The molecule has 1 heterocycles. The Morgan fingerprint density at radius 1 is 1.12 bits per heavy atom. The first-order valence-corrected chi connectivity index (χ1v) is 8.26. The van der Waals surface area contributed by atoms with Crippen LogP contribution in [0.4, 0.5) is 5.69 Å². The predicted octanol–water partition coefficient (Wildman–Crippen LogP) is 1.84. The zero-order chi connectivity index (χ0) is 18.5. The summed E-state index contributed by atoms with van der Waals surface area (Å²) in [5.74, 6) is -1.53. The number of aromatic carboxylic acids is 1. The molecule has 3 rings (SSSR count). The SMILES string of the molecule is O=C(O)c1cnc(C(=O)NCc2cccc(NC(=O)C3CCC3)c2)cn1. The van der Waals surface area contributed by atoms with Gasteiger partial charge in [-0.3, -0.25) is 9.59 Å². The van der Waals surface area contributed by atoms with Crippen molar-refractivity contribution in [2.24, 2.45) is 5.92 Å². The van der Waals surface area contributed by atoms with E-state index in [2.05, 4.69) is 20.6 Å². The molecule has 3 N–H and O–H groups in total. The van der Waals surface area contributed by atoms with Gasteiger partial charge in [0.1, 0.15) is 5.69 Å². The molecular formula is C18H18N4O4. The number of carbonyl (C=O) groups excluding carboxylic acids is 2. The molecule has 134 valence electrons. The Bertz CT molecular complexity index is 831. The molecule has 0 bridgehead atoms. The van der Waals surface area contributed by atoms with E-state index in [9.17, 15) is 14.4 Å². The van der Waals surface area contributed by atoms with Gasteiger partial charge in [-0.05, 0) is 30.5 Å². The number of amides is 2. The number of anilines is 1. The van der Waals surface area contributed by atoms with E-state index in [1.165, 1.54) is 0 Å². The van der Waals surface area contributed by atoms with Gasteiger partial charge in [-0.1, -0.05) is 18.6 Å². The van der Waals surface area contributed by atoms with Crippen molar-refractivity contribution in [3.8, 4) is 0 Å². The highest BCUT2D eigenvalue weighted by Crippen LogP contribution is 2.27. The first kappa shape index (κ1) is 17.5. The lowest BCUT2D eigenvalue weighted by Crippen LogP contribution is -2.28. The van der Waals surface area contributed by atoms with Gasteiger partial charge in [0.25, 0.3) is 5.91 Å². The van der Waals surface area contributed by atoms with Crippen LogP contribution in [0.15, 0.2) is 36.7 Å². The summed E-state index contributed by atoms with van der Waals surface area (Å²) in [6.45, 7) is 0.244. The Labute approximate surface area is 149 Å². The normalized spacial score (nSPS) is 13.5. The third kappa shape index (κ3) is 4.21. The Morgan fingerprint density at radius 3 is 2.46 bits per heavy atom. The van der Waals surface area contributed by atoms with Gasteiger partial charge in [0.05, 0.1) is 12.4 Å². The molecule has 0 radical (unpaired) electrons. The summed E-state index contributed by atoms with van der Waals surface area (Å²) in [5, 5.41) is 14.4. The minimum absolute atomic E-state index is 0.0319. The van der Waals surface area contributed by atoms with Crippen LogP contribution in [0.3, 0.4) is 0 Å². The van der Waals surface area contributed by atoms with Gasteiger partial charge in [0.2, 0.25) is 5.91 Å². The number of carboxylic acids is 1. The molecule has 0 spiro atoms. The topological polar surface area (TPSA) is 121 Å². The van der Waals surface area contributed by atoms with Crippen LogP contribution in [0.5, 0.6) is 0 Å². The van der Waals surface area contributed by atoms with Gasteiger partial charge in [-0.2, -0.15) is 0 Å². The molecule has 0 aliphatic heterocycles. The van der Waals surface area contributed by atoms with E-state index in [0.717, 1.165) is 37.2 Å². The molecule has 1 aromatic carbocycles. The van der Waals surface area contributed by atoms with E-state index in [4.69, 9.17) is 5.11 Å². The number of nitrogens with zero attached hydrogens (tertiary/aromatic N) is 2. The molecule has 0 saturated heterocycles. The van der Waals surface area contributed by atoms with Crippen LogP contribution in [-0.2, 0) is 11.3 Å². The molecule has 2 amide bonds. The van der Waals surface area contributed by atoms with Crippen LogP contribution in [0, 0.1) is 5.92 Å². The third-order valence-electron chi connectivity index (χ3n) is 4.23. The number of nitrogens with one attached hydrogen (secondary N) is 2. The van der Waals surface area contributed by atoms with Crippen LogP contribution in [-0.4, -0.2) is 32.9 Å². The number of carboxylic acid groups (broad SMARTS) is 1. The maximum absolute atomic E-state index is 12.1. The fourth-order valence-corrected chi connectivity index (χ4v) is 2.50. The first-order chi connectivity index (χ1) is 12.5. The lowest BCUT2D eigenvalue weighted by atomic mass is 9.85. The van der Waals surface area contributed by atoms with Crippen LogP contribution in [0.2, 0.25) is 0 Å². The molecule has 1 fully saturated rings. The van der Waals surface area contributed by atoms with Crippen LogP contribution in [0.1, 0.15) is 45.8 Å². The van der Waals surface area contributed by atoms with Crippen LogP contribution >= 0.6 is 0 Å². The minimum Gasteiger partial charge on any atom is -0.476 e. The zero-order valence-electron chi connectivity index (χ0n) is 13.9. The maximum Gasteiger partial charge on any atom is 0.356 e. The number of carbonyl (C=O) groups is 3. The van der Waals surface area contributed by atoms with E-state index in [1.54, 1.807) is 18.2 Å². The molecular weight excluding hydrogens is 336 g/mol. The molecule has 0 unspecified atom stereocenters. The third-order valence-corrected chi connectivity index (χ3v) is 4.23. The van der Waals surface area contributed by atoms with Crippen molar-refractivity contribution < 1.29 is 19.5 Å². The summed E-state index contributed by atoms with van der Waals surface area (Å²) in [6, 6.07) is 7.24. The number of hydrogen-bond donors (Lipinski definition) is 3. The summed E-state index contributed by atoms with van der Waals surface area (Å²) in [7, 11) is 0. The molecule has 8 nitrogen and oxygen atoms in total. The second-order valence-corrected chi connectivity index (χ2v) is 6.09. The Kier molecular flexibility index (Phi) is 5.21. The largest absolute Gasteiger partial charge is 0.476 e. The van der Waals surface area contributed by atoms with E-state index in [-0.39, 0.29) is 29.8 Å². The van der Waals surface area contributed by atoms with Crippen LogP contribution in [0.25, 0.3) is 0 Å². The quantitative estimate of drug-likeness (QED) is 0.728. The average molecular weight is 354 g/mol.